The SMILES string of the molecule is CC(C)(C)c1cccc2c1oc1c(N(c3ccccc3)c3cc4c(sc5cc(N(c6ccccc6)c6cccc7c6oc6c(C(C)(C)C)cccc67)c6ccccc6c54)c4ccccc34)cccc12. The monoisotopic (exact) mass is 910 g/mol. The molecule has 3 aromatic heterocycles. The minimum Gasteiger partial charge on any atom is -0.454 e. The van der Waals surface area contributed by atoms with Gasteiger partial charge in [-0.25, -0.2) is 0 Å². The Hall–Kier alpha value is -7.86. The first-order chi connectivity index (χ1) is 33.5. The number of thiophene rings is 1. The normalized spacial score (nSPS) is 12.5. The molecule has 0 fully saturated rings. The zero-order chi connectivity index (χ0) is 46.8. The van der Waals surface area contributed by atoms with Crippen LogP contribution in [0, 0.1) is 0 Å². The Morgan fingerprint density at radius 2 is 0.725 bits per heavy atom. The summed E-state index contributed by atoms with van der Waals surface area (Å²) in [6.07, 6.45) is 0. The van der Waals surface area contributed by atoms with Gasteiger partial charge in [-0.15, -0.1) is 11.3 Å². The maximum absolute atomic E-state index is 7.10. The molecule has 0 aliphatic carbocycles. The van der Waals surface area contributed by atoms with Crippen LogP contribution in [0.25, 0.3) is 85.6 Å². The van der Waals surface area contributed by atoms with Gasteiger partial charge in [0.25, 0.3) is 0 Å². The van der Waals surface area contributed by atoms with E-state index in [1.807, 2.05) is 11.3 Å². The molecule has 5 heteroatoms. The summed E-state index contributed by atoms with van der Waals surface area (Å²) in [5, 5.41) is 11.7. The number of anilines is 6. The number of furan rings is 2. The lowest BCUT2D eigenvalue weighted by atomic mass is 9.86. The number of hydrogen-bond donors (Lipinski definition) is 0. The molecule has 0 N–H and O–H groups in total. The predicted molar refractivity (Wildman–Crippen MR) is 296 cm³/mol. The molecule has 13 rings (SSSR count). The highest BCUT2D eigenvalue weighted by molar-refractivity contribution is 7.27. The van der Waals surface area contributed by atoms with E-state index in [9.17, 15) is 0 Å². The van der Waals surface area contributed by atoms with Crippen LogP contribution < -0.4 is 9.80 Å². The van der Waals surface area contributed by atoms with Gasteiger partial charge in [-0.05, 0) is 64.7 Å². The highest BCUT2D eigenvalue weighted by Gasteiger charge is 2.28. The number of benzene rings is 10. The third-order valence-electron chi connectivity index (χ3n) is 14.1. The number of hydrogen-bond acceptors (Lipinski definition) is 5. The fourth-order valence-corrected chi connectivity index (χ4v) is 12.2. The highest BCUT2D eigenvalue weighted by atomic mass is 32.1. The van der Waals surface area contributed by atoms with Crippen LogP contribution in [-0.2, 0) is 10.8 Å². The molecular weight excluding hydrogens is 861 g/mol. The molecule has 0 atom stereocenters. The van der Waals surface area contributed by atoms with Crippen molar-refractivity contribution in [2.45, 2.75) is 52.4 Å². The standard InChI is InChI=1S/C64H50N2O2S/c1-63(2,3)50-33-17-29-44-46-31-19-35-52(60(46)67-58(44)50)65(39-21-9-7-10-22-39)54-37-49-57-43-27-15-13-25-41(43)55(38-56(57)69-62(49)48-28-16-14-26-42(48)54)66(40-23-11-8-12-24-40)53-36-20-32-47-45-30-18-34-51(64(4,5)6)59(45)68-61(47)53/h7-38H,1-6H3. The van der Waals surface area contributed by atoms with Gasteiger partial charge in [-0.1, -0.05) is 187 Å². The van der Waals surface area contributed by atoms with E-state index in [1.165, 1.54) is 47.5 Å². The minimum absolute atomic E-state index is 0.0891. The molecule has 4 nitrogen and oxygen atoms in total. The second-order valence-electron chi connectivity index (χ2n) is 20.5. The zero-order valence-corrected chi connectivity index (χ0v) is 40.4. The number of para-hydroxylation sites is 6. The highest BCUT2D eigenvalue weighted by Crippen LogP contribution is 2.53. The van der Waals surface area contributed by atoms with Crippen molar-refractivity contribution < 1.29 is 8.83 Å². The Bertz CT molecular complexity index is 4170. The molecule has 69 heavy (non-hydrogen) atoms. The average molecular weight is 911 g/mol. The third kappa shape index (κ3) is 6.41. The van der Waals surface area contributed by atoms with Crippen molar-refractivity contribution in [2.75, 3.05) is 9.80 Å². The van der Waals surface area contributed by atoms with Crippen LogP contribution in [0.15, 0.2) is 203 Å². The van der Waals surface area contributed by atoms with Crippen LogP contribution in [0.3, 0.4) is 0 Å². The molecule has 0 saturated heterocycles. The molecular formula is C64H50N2O2S. The lowest BCUT2D eigenvalue weighted by Crippen LogP contribution is -2.11. The first-order valence-electron chi connectivity index (χ1n) is 23.9. The first kappa shape index (κ1) is 41.3. The predicted octanol–water partition coefficient (Wildman–Crippen LogP) is 19.7. The van der Waals surface area contributed by atoms with Gasteiger partial charge in [-0.2, -0.15) is 0 Å². The van der Waals surface area contributed by atoms with E-state index >= 15 is 0 Å². The van der Waals surface area contributed by atoms with E-state index in [-0.39, 0.29) is 10.8 Å². The van der Waals surface area contributed by atoms with Crippen molar-refractivity contribution in [2.24, 2.45) is 0 Å². The zero-order valence-electron chi connectivity index (χ0n) is 39.6. The van der Waals surface area contributed by atoms with Crippen molar-refractivity contribution in [1.82, 2.24) is 0 Å². The molecule has 0 bridgehead atoms. The van der Waals surface area contributed by atoms with Crippen molar-refractivity contribution in [3.05, 3.63) is 205 Å². The Morgan fingerprint density at radius 3 is 1.22 bits per heavy atom. The fraction of sp³-hybridized carbons (Fsp3) is 0.125. The summed E-state index contributed by atoms with van der Waals surface area (Å²) in [5.74, 6) is 0. The molecule has 10 aromatic carbocycles. The average Bonchev–Trinajstić information content (AvgIpc) is 4.07. The van der Waals surface area contributed by atoms with E-state index in [4.69, 9.17) is 8.83 Å². The molecule has 0 aliphatic heterocycles. The van der Waals surface area contributed by atoms with Gasteiger partial charge in [0.15, 0.2) is 11.2 Å². The molecule has 0 spiro atoms. The minimum atomic E-state index is -0.0917. The number of nitrogens with zero attached hydrogens (tertiary/aromatic N) is 2. The van der Waals surface area contributed by atoms with E-state index in [0.29, 0.717) is 0 Å². The second kappa shape index (κ2) is 15.3. The van der Waals surface area contributed by atoms with Crippen LogP contribution >= 0.6 is 11.3 Å². The van der Waals surface area contributed by atoms with E-state index in [1.54, 1.807) is 0 Å². The van der Waals surface area contributed by atoms with E-state index in [2.05, 4.69) is 245 Å². The lowest BCUT2D eigenvalue weighted by Gasteiger charge is -2.27. The number of rotatable bonds is 6. The molecule has 0 unspecified atom stereocenters. The molecule has 3 heterocycles. The molecule has 0 aliphatic rings. The lowest BCUT2D eigenvalue weighted by molar-refractivity contribution is 0.572. The van der Waals surface area contributed by atoms with Gasteiger partial charge in [0.2, 0.25) is 0 Å². The van der Waals surface area contributed by atoms with Gasteiger partial charge in [0.1, 0.15) is 11.2 Å². The molecule has 0 radical (unpaired) electrons. The Kier molecular flexibility index (Phi) is 9.18. The summed E-state index contributed by atoms with van der Waals surface area (Å²) in [6.45, 7) is 13.5. The van der Waals surface area contributed by atoms with Gasteiger partial charge in [0, 0.05) is 80.4 Å². The first-order valence-corrected chi connectivity index (χ1v) is 24.7. The molecule has 13 aromatic rings. The van der Waals surface area contributed by atoms with Crippen molar-refractivity contribution >= 4 is 131 Å². The topological polar surface area (TPSA) is 32.8 Å². The molecule has 0 saturated carbocycles. The van der Waals surface area contributed by atoms with Gasteiger partial charge < -0.3 is 18.6 Å². The second-order valence-corrected chi connectivity index (χ2v) is 21.5. The third-order valence-corrected chi connectivity index (χ3v) is 15.2. The Balaban J connectivity index is 1.09. The fourth-order valence-electron chi connectivity index (χ4n) is 10.9. The summed E-state index contributed by atoms with van der Waals surface area (Å²) in [6, 6.07) is 70.5. The van der Waals surface area contributed by atoms with Crippen molar-refractivity contribution in [3.63, 3.8) is 0 Å². The van der Waals surface area contributed by atoms with Crippen LogP contribution in [0.2, 0.25) is 0 Å². The summed E-state index contributed by atoms with van der Waals surface area (Å²) in [5.41, 5.74) is 12.2. The Morgan fingerprint density at radius 1 is 0.333 bits per heavy atom. The van der Waals surface area contributed by atoms with Crippen molar-refractivity contribution in [1.29, 1.82) is 0 Å². The van der Waals surface area contributed by atoms with Crippen LogP contribution in [0.1, 0.15) is 52.7 Å². The summed E-state index contributed by atoms with van der Waals surface area (Å²) >= 11 is 1.87. The van der Waals surface area contributed by atoms with Crippen LogP contribution in [0.4, 0.5) is 34.1 Å². The maximum Gasteiger partial charge on any atom is 0.159 e. The van der Waals surface area contributed by atoms with Gasteiger partial charge >= 0.3 is 0 Å². The van der Waals surface area contributed by atoms with Crippen molar-refractivity contribution in [3.8, 4) is 0 Å². The maximum atomic E-state index is 7.10. The largest absolute Gasteiger partial charge is 0.454 e. The van der Waals surface area contributed by atoms with E-state index in [0.717, 1.165) is 83.4 Å². The number of fused-ring (bicyclic) bond motifs is 13. The Labute approximate surface area is 405 Å². The van der Waals surface area contributed by atoms with Crippen LogP contribution in [-0.4, -0.2) is 0 Å². The molecule has 334 valence electrons. The van der Waals surface area contributed by atoms with Gasteiger partial charge in [0.05, 0.1) is 22.7 Å². The van der Waals surface area contributed by atoms with Gasteiger partial charge in [-0.3, -0.25) is 0 Å². The molecule has 0 amide bonds. The summed E-state index contributed by atoms with van der Waals surface area (Å²) in [4.78, 5) is 4.83. The summed E-state index contributed by atoms with van der Waals surface area (Å²) < 4.78 is 16.7. The smallest absolute Gasteiger partial charge is 0.159 e. The summed E-state index contributed by atoms with van der Waals surface area (Å²) in [7, 11) is 0. The van der Waals surface area contributed by atoms with Crippen LogP contribution in [0.5, 0.6) is 0 Å². The quantitative estimate of drug-likeness (QED) is 0.166. The van der Waals surface area contributed by atoms with E-state index < -0.39 is 0 Å².